The molecule has 2 heterocycles. The second-order valence-corrected chi connectivity index (χ2v) is 7.27. The van der Waals surface area contributed by atoms with Gasteiger partial charge in [-0.05, 0) is 18.0 Å². The summed E-state index contributed by atoms with van der Waals surface area (Å²) in [5.41, 5.74) is 5.63. The number of rotatable bonds is 2. The highest BCUT2D eigenvalue weighted by Gasteiger charge is 2.28. The molecule has 0 atom stereocenters. The third kappa shape index (κ3) is 2.81. The van der Waals surface area contributed by atoms with Crippen molar-refractivity contribution in [1.29, 1.82) is 0 Å². The molecule has 0 radical (unpaired) electrons. The highest BCUT2D eigenvalue weighted by atomic mass is 32.2. The molecule has 1 amide bonds. The van der Waals surface area contributed by atoms with Gasteiger partial charge < -0.3 is 15.5 Å². The van der Waals surface area contributed by atoms with Gasteiger partial charge in [-0.1, -0.05) is 0 Å². The van der Waals surface area contributed by atoms with Crippen LogP contribution in [-0.4, -0.2) is 56.5 Å². The van der Waals surface area contributed by atoms with Gasteiger partial charge in [-0.2, -0.15) is 4.37 Å². The van der Waals surface area contributed by atoms with E-state index in [0.717, 1.165) is 24.2 Å². The Morgan fingerprint density at radius 2 is 2.05 bits per heavy atom. The fourth-order valence-corrected chi connectivity index (χ4v) is 4.23. The fraction of sp³-hybridized carbons (Fsp3) is 0.600. The van der Waals surface area contributed by atoms with Crippen molar-refractivity contribution >= 4 is 38.1 Å². The molecule has 0 unspecified atom stereocenters. The molecule has 7 nitrogen and oxygen atoms in total. The molecule has 0 saturated carbocycles. The van der Waals surface area contributed by atoms with E-state index in [1.54, 1.807) is 16.8 Å². The lowest BCUT2D eigenvalue weighted by Crippen LogP contribution is -2.34. The number of hydrogen-bond donors (Lipinski definition) is 1. The molecule has 9 heteroatoms. The second-order valence-electron chi connectivity index (χ2n) is 4.56. The molecule has 0 spiro atoms. The zero-order valence-corrected chi connectivity index (χ0v) is 12.4. The maximum Gasteiger partial charge on any atom is 0.241 e. The van der Waals surface area contributed by atoms with Crippen molar-refractivity contribution in [3.05, 3.63) is 0 Å². The molecule has 1 aliphatic rings. The van der Waals surface area contributed by atoms with Gasteiger partial charge in [0.05, 0.1) is 6.54 Å². The minimum absolute atomic E-state index is 0.00699. The van der Waals surface area contributed by atoms with Crippen molar-refractivity contribution in [2.45, 2.75) is 11.3 Å². The molecule has 1 saturated heterocycles. The van der Waals surface area contributed by atoms with Crippen molar-refractivity contribution < 1.29 is 13.2 Å². The topological polar surface area (TPSA) is 96.6 Å². The Kier molecular flexibility index (Phi) is 3.68. The number of amides is 1. The van der Waals surface area contributed by atoms with Gasteiger partial charge >= 0.3 is 0 Å². The van der Waals surface area contributed by atoms with Gasteiger partial charge in [-0.15, -0.1) is 0 Å². The third-order valence-corrected chi connectivity index (χ3v) is 5.19. The lowest BCUT2D eigenvalue weighted by atomic mass is 10.4. The van der Waals surface area contributed by atoms with E-state index < -0.39 is 9.84 Å². The van der Waals surface area contributed by atoms with E-state index in [1.807, 2.05) is 0 Å². The van der Waals surface area contributed by atoms with Crippen LogP contribution in [0, 0.1) is 0 Å². The van der Waals surface area contributed by atoms with Gasteiger partial charge in [-0.25, -0.2) is 8.42 Å². The van der Waals surface area contributed by atoms with Crippen LogP contribution >= 0.6 is 11.5 Å². The van der Waals surface area contributed by atoms with Crippen LogP contribution in [0.25, 0.3) is 0 Å². The monoisotopic (exact) mass is 304 g/mol. The molecular formula is C10H16N4O3S2. The van der Waals surface area contributed by atoms with E-state index in [4.69, 9.17) is 5.73 Å². The van der Waals surface area contributed by atoms with Gasteiger partial charge in [0.2, 0.25) is 5.91 Å². The highest BCUT2D eigenvalue weighted by molar-refractivity contribution is 7.91. The smallest absolute Gasteiger partial charge is 0.241 e. The Labute approximate surface area is 116 Å². The molecule has 1 fully saturated rings. The summed E-state index contributed by atoms with van der Waals surface area (Å²) in [7, 11) is -1.72. The SMILES string of the molecule is CN1CCCN(c2snc(N)c2S(C)(=O)=O)CC1=O. The average Bonchev–Trinajstić information content (AvgIpc) is 2.61. The largest absolute Gasteiger partial charge is 0.382 e. The van der Waals surface area contributed by atoms with Crippen LogP contribution in [-0.2, 0) is 14.6 Å². The second kappa shape index (κ2) is 4.97. The van der Waals surface area contributed by atoms with Crippen LogP contribution in [0.1, 0.15) is 6.42 Å². The van der Waals surface area contributed by atoms with E-state index in [1.165, 1.54) is 0 Å². The van der Waals surface area contributed by atoms with Gasteiger partial charge in [0.25, 0.3) is 0 Å². The number of aromatic nitrogens is 1. The van der Waals surface area contributed by atoms with Gasteiger partial charge in [-0.3, -0.25) is 4.79 Å². The quantitative estimate of drug-likeness (QED) is 0.812. The van der Waals surface area contributed by atoms with Crippen LogP contribution in [0.2, 0.25) is 0 Å². The van der Waals surface area contributed by atoms with Crippen LogP contribution in [0.5, 0.6) is 0 Å². The summed E-state index contributed by atoms with van der Waals surface area (Å²) < 4.78 is 27.5. The number of nitrogens with zero attached hydrogens (tertiary/aromatic N) is 3. The minimum Gasteiger partial charge on any atom is -0.382 e. The first-order valence-electron chi connectivity index (χ1n) is 5.75. The number of anilines is 2. The summed E-state index contributed by atoms with van der Waals surface area (Å²) in [6.45, 7) is 1.43. The number of hydrogen-bond acceptors (Lipinski definition) is 7. The summed E-state index contributed by atoms with van der Waals surface area (Å²) >= 11 is 1.02. The molecule has 1 aromatic rings. The third-order valence-electron chi connectivity index (χ3n) is 2.99. The lowest BCUT2D eigenvalue weighted by Gasteiger charge is -2.20. The summed E-state index contributed by atoms with van der Waals surface area (Å²) in [5, 5.41) is 0.462. The molecular weight excluding hydrogens is 288 g/mol. The maximum absolute atomic E-state index is 11.9. The van der Waals surface area contributed by atoms with Gasteiger partial charge in [0.1, 0.15) is 9.90 Å². The van der Waals surface area contributed by atoms with E-state index in [9.17, 15) is 13.2 Å². The molecule has 2 rings (SSSR count). The van der Waals surface area contributed by atoms with Crippen LogP contribution < -0.4 is 10.6 Å². The van der Waals surface area contributed by atoms with Crippen molar-refractivity contribution in [2.75, 3.05) is 43.6 Å². The molecule has 19 heavy (non-hydrogen) atoms. The van der Waals surface area contributed by atoms with Crippen molar-refractivity contribution in [1.82, 2.24) is 9.27 Å². The molecule has 106 valence electrons. The van der Waals surface area contributed by atoms with E-state index in [2.05, 4.69) is 4.37 Å². The Balaban J connectivity index is 2.40. The summed E-state index contributed by atoms with van der Waals surface area (Å²) in [5.74, 6) is -0.0310. The van der Waals surface area contributed by atoms with Crippen LogP contribution in [0.15, 0.2) is 4.90 Å². The minimum atomic E-state index is -3.46. The first-order valence-corrected chi connectivity index (χ1v) is 8.41. The van der Waals surface area contributed by atoms with E-state index >= 15 is 0 Å². The van der Waals surface area contributed by atoms with Crippen molar-refractivity contribution in [3.8, 4) is 0 Å². The van der Waals surface area contributed by atoms with E-state index in [0.29, 0.717) is 18.1 Å². The number of carbonyl (C=O) groups is 1. The summed E-state index contributed by atoms with van der Waals surface area (Å²) in [4.78, 5) is 15.3. The fourth-order valence-electron chi connectivity index (χ4n) is 1.99. The Morgan fingerprint density at radius 1 is 1.37 bits per heavy atom. The van der Waals surface area contributed by atoms with Gasteiger partial charge in [0.15, 0.2) is 15.7 Å². The zero-order valence-electron chi connectivity index (χ0n) is 10.8. The first kappa shape index (κ1) is 14.1. The molecule has 0 aliphatic carbocycles. The summed E-state index contributed by atoms with van der Waals surface area (Å²) in [6, 6.07) is 0. The van der Waals surface area contributed by atoms with Crippen molar-refractivity contribution in [2.24, 2.45) is 0 Å². The first-order chi connectivity index (χ1) is 8.80. The Bertz CT molecular complexity index is 596. The normalized spacial score (nSPS) is 17.7. The number of nitrogen functional groups attached to an aromatic ring is 1. The van der Waals surface area contributed by atoms with Crippen molar-refractivity contribution in [3.63, 3.8) is 0 Å². The average molecular weight is 304 g/mol. The van der Waals surface area contributed by atoms with Crippen LogP contribution in [0.4, 0.5) is 10.8 Å². The Morgan fingerprint density at radius 3 is 2.68 bits per heavy atom. The molecule has 2 N–H and O–H groups in total. The number of sulfone groups is 1. The predicted octanol–water partition coefficient (Wildman–Crippen LogP) is -0.203. The molecule has 0 aromatic carbocycles. The summed E-state index contributed by atoms with van der Waals surface area (Å²) in [6.07, 6.45) is 1.88. The van der Waals surface area contributed by atoms with E-state index in [-0.39, 0.29) is 23.2 Å². The zero-order chi connectivity index (χ0) is 14.2. The molecule has 1 aliphatic heterocycles. The number of nitrogens with two attached hydrogens (primary N) is 1. The number of carbonyl (C=O) groups excluding carboxylic acids is 1. The highest BCUT2D eigenvalue weighted by Crippen LogP contribution is 2.35. The van der Waals surface area contributed by atoms with Crippen LogP contribution in [0.3, 0.4) is 0 Å². The maximum atomic E-state index is 11.9. The van der Waals surface area contributed by atoms with Gasteiger partial charge in [0, 0.05) is 26.4 Å². The Hall–Kier alpha value is -1.35. The number of likely N-dealkylation sites (N-methyl/N-ethyl adjacent to an activating group) is 1. The molecule has 0 bridgehead atoms. The predicted molar refractivity (Wildman–Crippen MR) is 74.1 cm³/mol. The standard InChI is InChI=1S/C10H16N4O3S2/c1-13-4-3-5-14(6-7(13)15)10-8(19(2,16)17)9(11)12-18-10/h3-6H2,1-2H3,(H2,11,12). The lowest BCUT2D eigenvalue weighted by molar-refractivity contribution is -0.127. The molecule has 1 aromatic heterocycles.